The molecule has 0 bridgehead atoms. The van der Waals surface area contributed by atoms with Crippen LogP contribution >= 0.6 is 0 Å². The van der Waals surface area contributed by atoms with Crippen LogP contribution in [0.25, 0.3) is 5.41 Å². The molecule has 0 rings (SSSR count). The van der Waals surface area contributed by atoms with Gasteiger partial charge in [0, 0.05) is 0 Å². The first kappa shape index (κ1) is 10.3. The molecule has 0 radical (unpaired) electrons. The molecule has 0 aromatic heterocycles. The molecule has 3 heteroatoms. The summed E-state index contributed by atoms with van der Waals surface area (Å²) in [6.45, 7) is 1.58. The Balaban J connectivity index is 0. The predicted molar refractivity (Wildman–Crippen MR) is 24.5 cm³/mol. The maximum Gasteiger partial charge on any atom is 2.00 e. The van der Waals surface area contributed by atoms with Crippen molar-refractivity contribution in [2.24, 2.45) is 0 Å². The van der Waals surface area contributed by atoms with Gasteiger partial charge in [0.2, 0.25) is 0 Å². The minimum Gasteiger partial charge on any atom is -0.874 e. The summed E-state index contributed by atoms with van der Waals surface area (Å²) in [4.78, 5) is 0. The van der Waals surface area contributed by atoms with Crippen molar-refractivity contribution in [2.45, 2.75) is 6.92 Å². The number of nitrogens with zero attached hydrogens (tertiary/aromatic N) is 1. The molecular weight excluding hydrogens is 316 g/mol. The van der Waals surface area contributed by atoms with Crippen molar-refractivity contribution in [2.75, 3.05) is 0 Å². The average molecular weight is 321 g/mol. The second kappa shape index (κ2) is 6.26. The van der Waals surface area contributed by atoms with Gasteiger partial charge in [-0.25, -0.2) is 6.08 Å². The van der Waals surface area contributed by atoms with Gasteiger partial charge in [-0.1, -0.05) is 0 Å². The van der Waals surface area contributed by atoms with Gasteiger partial charge in [0.05, 0.1) is 0 Å². The average Bonchev–Trinajstić information content (AvgIpc) is 1.35. The minimum atomic E-state index is -0.697. The van der Waals surface area contributed by atoms with Crippen molar-refractivity contribution in [1.82, 2.24) is 0 Å². The van der Waals surface area contributed by atoms with Crippen molar-refractivity contribution in [3.05, 3.63) is 17.6 Å². The van der Waals surface area contributed by atoms with E-state index in [-0.39, 0.29) is 31.1 Å². The molecule has 0 aliphatic rings. The maximum absolute atomic E-state index is 7.91. The summed E-state index contributed by atoms with van der Waals surface area (Å²) in [5.74, 6) is -0.697. The van der Waals surface area contributed by atoms with Gasteiger partial charge in [0.25, 0.3) is 0 Å². The molecule has 36 valence electrons. The zero-order chi connectivity index (χ0) is 4.99. The van der Waals surface area contributed by atoms with Crippen LogP contribution in [0.2, 0.25) is 0 Å². The Kier molecular flexibility index (Phi) is 9.20. The van der Waals surface area contributed by atoms with Crippen LogP contribution in [0.15, 0.2) is 6.08 Å². The van der Waals surface area contributed by atoms with Gasteiger partial charge in [-0.2, -0.15) is 5.90 Å². The molecule has 0 fully saturated rings. The van der Waals surface area contributed by atoms with Crippen LogP contribution < -0.4 is 0 Å². The van der Waals surface area contributed by atoms with Crippen molar-refractivity contribution in [3.63, 3.8) is 0 Å². The molecule has 0 heterocycles. The van der Waals surface area contributed by atoms with Crippen LogP contribution in [0.4, 0.5) is 0 Å². The number of rotatable bonds is 1. The number of hydrogen-bond donors (Lipinski definition) is 1. The van der Waals surface area contributed by atoms with Crippen LogP contribution in [-0.4, -0.2) is 11.0 Å². The molecule has 7 heavy (non-hydrogen) atoms. The van der Waals surface area contributed by atoms with E-state index in [0.717, 1.165) is 6.08 Å². The molecule has 2 nitrogen and oxygen atoms in total. The molecular formula is C4H5NOU. The van der Waals surface area contributed by atoms with Gasteiger partial charge in [0.1, 0.15) is 0 Å². The van der Waals surface area contributed by atoms with E-state index in [0.29, 0.717) is 0 Å². The third-order valence-electron chi connectivity index (χ3n) is 0.273. The van der Waals surface area contributed by atoms with Crippen LogP contribution in [0.1, 0.15) is 6.92 Å². The molecule has 0 atom stereocenters. The Hall–Kier alpha value is 0.262. The van der Waals surface area contributed by atoms with E-state index in [2.05, 4.69) is 6.08 Å². The van der Waals surface area contributed by atoms with Crippen molar-refractivity contribution in [3.8, 4) is 0 Å². The van der Waals surface area contributed by atoms with E-state index in [9.17, 15) is 0 Å². The quantitative estimate of drug-likeness (QED) is 0.435. The normalized spacial score (nSPS) is 8.14. The molecule has 0 saturated heterocycles. The summed E-state index contributed by atoms with van der Waals surface area (Å²) in [6, 6.07) is 0. The summed E-state index contributed by atoms with van der Waals surface area (Å²) in [5, 5.41) is 15.8. The van der Waals surface area contributed by atoms with Crippen molar-refractivity contribution < 1.29 is 36.2 Å². The zero-order valence-electron chi connectivity index (χ0n) is 3.97. The summed E-state index contributed by atoms with van der Waals surface area (Å²) >= 11 is 0. The van der Waals surface area contributed by atoms with Crippen LogP contribution in [-0.2, 0) is 0 Å². The third kappa shape index (κ3) is 10.7. The van der Waals surface area contributed by atoms with E-state index in [1.54, 1.807) is 6.92 Å². The second-order valence-electron chi connectivity index (χ2n) is 0.791. The Bertz CT molecular complexity index is 79.8. The first-order valence-electron chi connectivity index (χ1n) is 1.52. The number of aliphatic hydroxyl groups excluding tert-OH is 1. The molecule has 1 N–H and O–H groups in total. The molecule has 0 aromatic rings. The topological polar surface area (TPSA) is 42.5 Å². The van der Waals surface area contributed by atoms with Gasteiger partial charge in [0.15, 0.2) is 0 Å². The van der Waals surface area contributed by atoms with Gasteiger partial charge in [-0.05, 0) is 0 Å². The standard InChI is InChI=1S/C4H5NO.U/c1-2-3-4(5)6;/h3H,1H3,(H-,5,6);/q-2;+2. The smallest absolute Gasteiger partial charge is 0.874 e. The summed E-state index contributed by atoms with van der Waals surface area (Å²) in [7, 11) is 0. The molecule has 0 unspecified atom stereocenters. The van der Waals surface area contributed by atoms with E-state index >= 15 is 0 Å². The Morgan fingerprint density at radius 2 is 2.29 bits per heavy atom. The maximum atomic E-state index is 7.91. The fourth-order valence-corrected chi connectivity index (χ4v) is 0.129. The van der Waals surface area contributed by atoms with Crippen molar-refractivity contribution >= 4 is 5.90 Å². The predicted octanol–water partition coefficient (Wildman–Crippen LogP) is 0.892. The second-order valence-corrected chi connectivity index (χ2v) is 0.791. The van der Waals surface area contributed by atoms with Gasteiger partial charge >= 0.3 is 31.1 Å². The molecule has 0 amide bonds. The summed E-state index contributed by atoms with van der Waals surface area (Å²) < 4.78 is 0. The Morgan fingerprint density at radius 3 is 2.29 bits per heavy atom. The van der Waals surface area contributed by atoms with Gasteiger partial charge < -0.3 is 10.5 Å². The van der Waals surface area contributed by atoms with Crippen LogP contribution in [0.5, 0.6) is 0 Å². The van der Waals surface area contributed by atoms with E-state index < -0.39 is 5.90 Å². The van der Waals surface area contributed by atoms with Gasteiger partial charge in [-0.15, -0.1) is 6.92 Å². The molecule has 0 aliphatic heterocycles. The summed E-state index contributed by atoms with van der Waals surface area (Å²) in [5.41, 5.74) is 0. The molecule has 0 aromatic carbocycles. The number of hydrogen-bond acceptors (Lipinski definition) is 0. The van der Waals surface area contributed by atoms with E-state index in [1.165, 1.54) is 0 Å². The fraction of sp³-hybridized carbons (Fsp3) is 0.250. The monoisotopic (exact) mass is 321 g/mol. The first-order chi connectivity index (χ1) is 2.77. The van der Waals surface area contributed by atoms with Gasteiger partial charge in [-0.3, -0.25) is 6.08 Å². The summed E-state index contributed by atoms with van der Waals surface area (Å²) in [6.07, 6.45) is 3.47. The first-order valence-corrected chi connectivity index (χ1v) is 1.52. The third-order valence-corrected chi connectivity index (χ3v) is 0.273. The number of aliphatic hydroxyl groups is 1. The fourth-order valence-electron chi connectivity index (χ4n) is 0.129. The molecule has 0 saturated carbocycles. The molecule has 0 spiro atoms. The van der Waals surface area contributed by atoms with Crippen molar-refractivity contribution in [1.29, 1.82) is 0 Å². The van der Waals surface area contributed by atoms with E-state index in [1.807, 2.05) is 0 Å². The zero-order valence-corrected chi connectivity index (χ0v) is 8.14. The Morgan fingerprint density at radius 1 is 1.86 bits per heavy atom. The van der Waals surface area contributed by atoms with E-state index in [4.69, 9.17) is 10.5 Å². The largest absolute Gasteiger partial charge is 2.00 e. The number of allylic oxidation sites excluding steroid dienone is 1. The van der Waals surface area contributed by atoms with Crippen LogP contribution in [0.3, 0.4) is 0 Å². The molecule has 0 aliphatic carbocycles. The van der Waals surface area contributed by atoms with Crippen LogP contribution in [0, 0.1) is 37.2 Å². The SMILES string of the molecule is C[C-]=CC(=[N-])O.[U+2]. The Labute approximate surface area is 66.5 Å². The minimum absolute atomic E-state index is 0.